The summed E-state index contributed by atoms with van der Waals surface area (Å²) >= 11 is 0. The first-order valence-corrected chi connectivity index (χ1v) is 6.34. The van der Waals surface area contributed by atoms with Crippen molar-refractivity contribution in [1.29, 1.82) is 0 Å². The number of halogens is 1. The Morgan fingerprint density at radius 3 is 2.43 bits per heavy atom. The molecule has 0 aromatic heterocycles. The van der Waals surface area contributed by atoms with E-state index in [-0.39, 0.29) is 11.3 Å². The summed E-state index contributed by atoms with van der Waals surface area (Å²) in [6.45, 7) is 0.324. The fraction of sp³-hybridized carbons (Fsp3) is 0.133. The zero-order valence-electron chi connectivity index (χ0n) is 11.1. The fourth-order valence-electron chi connectivity index (χ4n) is 1.85. The second-order valence-corrected chi connectivity index (χ2v) is 4.41. The molecule has 0 bridgehead atoms. The number of hydrogen-bond acceptors (Lipinski definition) is 3. The number of amides is 1. The van der Waals surface area contributed by atoms with Crippen molar-refractivity contribution in [3.63, 3.8) is 0 Å². The van der Waals surface area contributed by atoms with E-state index in [0.29, 0.717) is 13.0 Å². The van der Waals surface area contributed by atoms with Crippen molar-refractivity contribution < 1.29 is 14.1 Å². The molecule has 0 heterocycles. The Balaban J connectivity index is 1.88. The van der Waals surface area contributed by atoms with E-state index >= 15 is 0 Å². The van der Waals surface area contributed by atoms with Gasteiger partial charge in [0.1, 0.15) is 5.82 Å². The van der Waals surface area contributed by atoms with Crippen LogP contribution in [0.25, 0.3) is 0 Å². The first kappa shape index (κ1) is 14.6. The van der Waals surface area contributed by atoms with Crippen LogP contribution in [0.5, 0.6) is 0 Å². The minimum absolute atomic E-state index is 0.00111. The predicted octanol–water partition coefficient (Wildman–Crippen LogP) is 2.71. The number of hydrogen-bond donors (Lipinski definition) is 1. The average molecular weight is 288 g/mol. The summed E-state index contributed by atoms with van der Waals surface area (Å²) in [5, 5.41) is 13.1. The molecule has 1 N–H and O–H groups in total. The number of non-ortho nitro benzene ring substituents is 1. The molecular formula is C15H13FN2O3. The minimum Gasteiger partial charge on any atom is -0.352 e. The molecular weight excluding hydrogens is 275 g/mol. The summed E-state index contributed by atoms with van der Waals surface area (Å²) in [6.07, 6.45) is 0.512. The van der Waals surface area contributed by atoms with Crippen LogP contribution in [0, 0.1) is 15.9 Å². The Hall–Kier alpha value is -2.76. The number of nitrogens with one attached hydrogen (secondary N) is 1. The monoisotopic (exact) mass is 288 g/mol. The predicted molar refractivity (Wildman–Crippen MR) is 75.5 cm³/mol. The highest BCUT2D eigenvalue weighted by Crippen LogP contribution is 2.12. The summed E-state index contributed by atoms with van der Waals surface area (Å²) in [4.78, 5) is 21.8. The van der Waals surface area contributed by atoms with Gasteiger partial charge >= 0.3 is 0 Å². The van der Waals surface area contributed by atoms with Gasteiger partial charge in [0.15, 0.2) is 0 Å². The largest absolute Gasteiger partial charge is 0.352 e. The SMILES string of the molecule is O=C(NCCc1ccc([N+](=O)[O-])cc1)c1ccccc1F. The maximum atomic E-state index is 13.4. The molecule has 0 saturated heterocycles. The third-order valence-corrected chi connectivity index (χ3v) is 2.96. The maximum absolute atomic E-state index is 13.4. The standard InChI is InChI=1S/C15H13FN2O3/c16-14-4-2-1-3-13(14)15(19)17-10-9-11-5-7-12(8-6-11)18(20)21/h1-8H,9-10H2,(H,17,19). The Bertz CT molecular complexity index is 656. The lowest BCUT2D eigenvalue weighted by atomic mass is 10.1. The number of nitro groups is 1. The molecule has 0 saturated carbocycles. The lowest BCUT2D eigenvalue weighted by Crippen LogP contribution is -2.26. The van der Waals surface area contributed by atoms with E-state index in [9.17, 15) is 19.3 Å². The molecule has 2 aromatic rings. The van der Waals surface area contributed by atoms with Gasteiger partial charge in [-0.05, 0) is 24.1 Å². The second kappa shape index (κ2) is 6.60. The van der Waals surface area contributed by atoms with Crippen LogP contribution >= 0.6 is 0 Å². The van der Waals surface area contributed by atoms with Crippen molar-refractivity contribution in [3.8, 4) is 0 Å². The highest BCUT2D eigenvalue weighted by molar-refractivity contribution is 5.94. The Kier molecular flexibility index (Phi) is 4.61. The van der Waals surface area contributed by atoms with Crippen LogP contribution < -0.4 is 5.32 Å². The number of rotatable bonds is 5. The van der Waals surface area contributed by atoms with Crippen LogP contribution in [0.1, 0.15) is 15.9 Å². The van der Waals surface area contributed by atoms with Gasteiger partial charge in [-0.1, -0.05) is 24.3 Å². The van der Waals surface area contributed by atoms with Crippen molar-refractivity contribution >= 4 is 11.6 Å². The van der Waals surface area contributed by atoms with Gasteiger partial charge in [0.2, 0.25) is 0 Å². The highest BCUT2D eigenvalue weighted by atomic mass is 19.1. The van der Waals surface area contributed by atoms with Crippen LogP contribution in [-0.2, 0) is 6.42 Å². The Labute approximate surface area is 120 Å². The van der Waals surface area contributed by atoms with Gasteiger partial charge in [0.25, 0.3) is 11.6 Å². The van der Waals surface area contributed by atoms with Crippen molar-refractivity contribution in [2.45, 2.75) is 6.42 Å². The van der Waals surface area contributed by atoms with E-state index in [1.165, 1.54) is 30.3 Å². The normalized spacial score (nSPS) is 10.1. The zero-order chi connectivity index (χ0) is 15.2. The first-order valence-electron chi connectivity index (χ1n) is 6.34. The molecule has 0 unspecified atom stereocenters. The van der Waals surface area contributed by atoms with Gasteiger partial charge in [-0.3, -0.25) is 14.9 Å². The third-order valence-electron chi connectivity index (χ3n) is 2.96. The van der Waals surface area contributed by atoms with E-state index in [1.54, 1.807) is 18.2 Å². The lowest BCUT2D eigenvalue weighted by molar-refractivity contribution is -0.384. The molecule has 2 rings (SSSR count). The fourth-order valence-corrected chi connectivity index (χ4v) is 1.85. The van der Waals surface area contributed by atoms with Crippen LogP contribution in [-0.4, -0.2) is 17.4 Å². The molecule has 0 aliphatic heterocycles. The summed E-state index contributed by atoms with van der Waals surface area (Å²) in [6, 6.07) is 11.8. The van der Waals surface area contributed by atoms with Gasteiger partial charge in [0, 0.05) is 18.7 Å². The molecule has 0 radical (unpaired) electrons. The Morgan fingerprint density at radius 1 is 1.14 bits per heavy atom. The van der Waals surface area contributed by atoms with Crippen LogP contribution in [0.15, 0.2) is 48.5 Å². The Morgan fingerprint density at radius 2 is 1.81 bits per heavy atom. The number of nitrogens with zero attached hydrogens (tertiary/aromatic N) is 1. The maximum Gasteiger partial charge on any atom is 0.269 e. The molecule has 2 aromatic carbocycles. The van der Waals surface area contributed by atoms with Gasteiger partial charge in [-0.2, -0.15) is 0 Å². The highest BCUT2D eigenvalue weighted by Gasteiger charge is 2.10. The molecule has 108 valence electrons. The summed E-state index contributed by atoms with van der Waals surface area (Å²) in [5.41, 5.74) is 0.879. The molecule has 21 heavy (non-hydrogen) atoms. The summed E-state index contributed by atoms with van der Waals surface area (Å²) in [7, 11) is 0. The quantitative estimate of drug-likeness (QED) is 0.679. The van der Waals surface area contributed by atoms with Crippen molar-refractivity contribution in [3.05, 3.63) is 75.6 Å². The molecule has 5 nitrogen and oxygen atoms in total. The van der Waals surface area contributed by atoms with Gasteiger partial charge < -0.3 is 5.32 Å². The number of benzene rings is 2. The van der Waals surface area contributed by atoms with Crippen LogP contribution in [0.4, 0.5) is 10.1 Å². The van der Waals surface area contributed by atoms with Crippen LogP contribution in [0.2, 0.25) is 0 Å². The number of carbonyl (C=O) groups excluding carboxylic acids is 1. The second-order valence-electron chi connectivity index (χ2n) is 4.41. The first-order chi connectivity index (χ1) is 10.1. The molecule has 1 amide bonds. The van der Waals surface area contributed by atoms with E-state index in [1.807, 2.05) is 0 Å². The van der Waals surface area contributed by atoms with E-state index in [0.717, 1.165) is 5.56 Å². The topological polar surface area (TPSA) is 72.2 Å². The van der Waals surface area contributed by atoms with Crippen LogP contribution in [0.3, 0.4) is 0 Å². The summed E-state index contributed by atoms with van der Waals surface area (Å²) in [5.74, 6) is -1.04. The molecule has 0 aliphatic rings. The van der Waals surface area contributed by atoms with Gasteiger partial charge in [-0.25, -0.2) is 4.39 Å². The number of carbonyl (C=O) groups is 1. The molecule has 0 spiro atoms. The molecule has 0 aliphatic carbocycles. The van der Waals surface area contributed by atoms with E-state index < -0.39 is 16.6 Å². The minimum atomic E-state index is -0.565. The van der Waals surface area contributed by atoms with Crippen molar-refractivity contribution in [2.75, 3.05) is 6.54 Å². The smallest absolute Gasteiger partial charge is 0.269 e. The number of nitro benzene ring substituents is 1. The molecule has 0 fully saturated rings. The van der Waals surface area contributed by atoms with E-state index in [4.69, 9.17) is 0 Å². The third kappa shape index (κ3) is 3.85. The van der Waals surface area contributed by atoms with Crippen molar-refractivity contribution in [2.24, 2.45) is 0 Å². The van der Waals surface area contributed by atoms with Gasteiger partial charge in [-0.15, -0.1) is 0 Å². The molecule has 0 atom stereocenters. The summed E-state index contributed by atoms with van der Waals surface area (Å²) < 4.78 is 13.4. The molecule has 6 heteroatoms. The van der Waals surface area contributed by atoms with Crippen molar-refractivity contribution in [1.82, 2.24) is 5.32 Å². The average Bonchev–Trinajstić information content (AvgIpc) is 2.48. The zero-order valence-corrected chi connectivity index (χ0v) is 11.1. The lowest BCUT2D eigenvalue weighted by Gasteiger charge is -2.06. The van der Waals surface area contributed by atoms with Gasteiger partial charge in [0.05, 0.1) is 10.5 Å². The van der Waals surface area contributed by atoms with E-state index in [2.05, 4.69) is 5.32 Å².